The fraction of sp³-hybridized carbons (Fsp3) is 0.238. The van der Waals surface area contributed by atoms with E-state index in [1.54, 1.807) is 19.9 Å². The van der Waals surface area contributed by atoms with E-state index in [1.165, 1.54) is 12.1 Å². The van der Waals surface area contributed by atoms with Crippen molar-refractivity contribution in [3.05, 3.63) is 72.2 Å². The standard InChI is InChI=1S/C21H21FN2O5S/c1-14(2)20(24-30(26,27)19-11-7-6-10-17(19)22)21(25)28-13-16-12-18(29-23-16)15-8-4-3-5-9-15/h3-12,14,20,24H,13H2,1-2H3/t20-/m0/s1. The van der Waals surface area contributed by atoms with E-state index in [-0.39, 0.29) is 6.61 Å². The fourth-order valence-corrected chi connectivity index (χ4v) is 4.11. The van der Waals surface area contributed by atoms with E-state index < -0.39 is 38.7 Å². The summed E-state index contributed by atoms with van der Waals surface area (Å²) in [6.07, 6.45) is 0. The highest BCUT2D eigenvalue weighted by atomic mass is 32.2. The van der Waals surface area contributed by atoms with E-state index in [4.69, 9.17) is 9.26 Å². The molecule has 1 heterocycles. The number of rotatable bonds is 8. The molecule has 1 atom stereocenters. The van der Waals surface area contributed by atoms with Crippen LogP contribution in [-0.4, -0.2) is 25.6 Å². The maximum Gasteiger partial charge on any atom is 0.324 e. The third-order valence-electron chi connectivity index (χ3n) is 4.31. The predicted octanol–water partition coefficient (Wildman–Crippen LogP) is 3.53. The first-order valence-electron chi connectivity index (χ1n) is 9.22. The number of benzene rings is 2. The number of hydrogen-bond acceptors (Lipinski definition) is 6. The van der Waals surface area contributed by atoms with Crippen molar-refractivity contribution in [2.75, 3.05) is 0 Å². The first-order chi connectivity index (χ1) is 14.3. The highest BCUT2D eigenvalue weighted by molar-refractivity contribution is 7.89. The van der Waals surface area contributed by atoms with Crippen LogP contribution in [0.15, 0.2) is 70.1 Å². The maximum absolute atomic E-state index is 13.9. The van der Waals surface area contributed by atoms with Gasteiger partial charge in [0.1, 0.15) is 29.1 Å². The van der Waals surface area contributed by atoms with Gasteiger partial charge in [0.25, 0.3) is 0 Å². The summed E-state index contributed by atoms with van der Waals surface area (Å²) in [7, 11) is -4.26. The van der Waals surface area contributed by atoms with Crippen LogP contribution in [0, 0.1) is 11.7 Å². The molecule has 158 valence electrons. The molecule has 0 aliphatic carbocycles. The van der Waals surface area contributed by atoms with E-state index in [1.807, 2.05) is 30.3 Å². The van der Waals surface area contributed by atoms with Gasteiger partial charge in [-0.1, -0.05) is 61.5 Å². The Bertz CT molecular complexity index is 1110. The molecule has 2 aromatic carbocycles. The van der Waals surface area contributed by atoms with Crippen LogP contribution in [0.4, 0.5) is 4.39 Å². The van der Waals surface area contributed by atoms with Crippen LogP contribution >= 0.6 is 0 Å². The summed E-state index contributed by atoms with van der Waals surface area (Å²) in [6.45, 7) is 3.11. The summed E-state index contributed by atoms with van der Waals surface area (Å²) in [4.78, 5) is 12.0. The van der Waals surface area contributed by atoms with E-state index in [0.717, 1.165) is 17.7 Å². The number of ether oxygens (including phenoxy) is 1. The van der Waals surface area contributed by atoms with Gasteiger partial charge in [-0.3, -0.25) is 4.79 Å². The summed E-state index contributed by atoms with van der Waals surface area (Å²) >= 11 is 0. The monoisotopic (exact) mass is 432 g/mol. The molecule has 0 fully saturated rings. The average Bonchev–Trinajstić information content (AvgIpc) is 3.20. The zero-order valence-electron chi connectivity index (χ0n) is 16.4. The number of aromatic nitrogens is 1. The zero-order valence-corrected chi connectivity index (χ0v) is 17.2. The summed E-state index contributed by atoms with van der Waals surface area (Å²) in [5.74, 6) is -1.62. The quantitative estimate of drug-likeness (QED) is 0.547. The van der Waals surface area contributed by atoms with Crippen molar-refractivity contribution in [1.82, 2.24) is 9.88 Å². The van der Waals surface area contributed by atoms with Crippen molar-refractivity contribution < 1.29 is 26.9 Å². The Morgan fingerprint density at radius 2 is 1.80 bits per heavy atom. The van der Waals surface area contributed by atoms with Gasteiger partial charge in [0, 0.05) is 11.6 Å². The second kappa shape index (κ2) is 9.19. The summed E-state index contributed by atoms with van der Waals surface area (Å²) in [5, 5.41) is 3.86. The summed E-state index contributed by atoms with van der Waals surface area (Å²) in [6, 6.07) is 14.7. The third-order valence-corrected chi connectivity index (χ3v) is 5.78. The smallest absolute Gasteiger partial charge is 0.324 e. The lowest BCUT2D eigenvalue weighted by Gasteiger charge is -2.20. The lowest BCUT2D eigenvalue weighted by molar-refractivity contribution is -0.148. The Hall–Kier alpha value is -3.04. The molecule has 0 radical (unpaired) electrons. The molecule has 30 heavy (non-hydrogen) atoms. The molecule has 7 nitrogen and oxygen atoms in total. The molecule has 0 saturated heterocycles. The molecule has 3 rings (SSSR count). The van der Waals surface area contributed by atoms with E-state index >= 15 is 0 Å². The predicted molar refractivity (Wildman–Crippen MR) is 107 cm³/mol. The van der Waals surface area contributed by atoms with Gasteiger partial charge in [-0.25, -0.2) is 12.8 Å². The summed E-state index contributed by atoms with van der Waals surface area (Å²) in [5.41, 5.74) is 1.20. The van der Waals surface area contributed by atoms with Crippen LogP contribution in [0.1, 0.15) is 19.5 Å². The van der Waals surface area contributed by atoms with Crippen molar-refractivity contribution in [1.29, 1.82) is 0 Å². The Morgan fingerprint density at radius 1 is 1.13 bits per heavy atom. The summed E-state index contributed by atoms with van der Waals surface area (Å²) < 4.78 is 51.6. The minimum atomic E-state index is -4.26. The Labute approximate surface area is 173 Å². The molecule has 0 spiro atoms. The molecule has 0 unspecified atom stereocenters. The number of nitrogens with zero attached hydrogens (tertiary/aromatic N) is 1. The van der Waals surface area contributed by atoms with Crippen molar-refractivity contribution >= 4 is 16.0 Å². The highest BCUT2D eigenvalue weighted by Crippen LogP contribution is 2.20. The van der Waals surface area contributed by atoms with Gasteiger partial charge >= 0.3 is 5.97 Å². The Balaban J connectivity index is 1.68. The maximum atomic E-state index is 13.9. The van der Waals surface area contributed by atoms with E-state index in [9.17, 15) is 17.6 Å². The first kappa shape index (κ1) is 21.7. The number of carbonyl (C=O) groups is 1. The minimum absolute atomic E-state index is 0.195. The number of hydrogen-bond donors (Lipinski definition) is 1. The third kappa shape index (κ3) is 5.11. The van der Waals surface area contributed by atoms with Gasteiger partial charge in [-0.15, -0.1) is 0 Å². The molecule has 1 N–H and O–H groups in total. The normalized spacial score (nSPS) is 12.7. The van der Waals surface area contributed by atoms with Crippen LogP contribution in [0.5, 0.6) is 0 Å². The first-order valence-corrected chi connectivity index (χ1v) is 10.7. The van der Waals surface area contributed by atoms with Gasteiger partial charge < -0.3 is 9.26 Å². The number of esters is 1. The number of carbonyl (C=O) groups excluding carboxylic acids is 1. The van der Waals surface area contributed by atoms with Crippen LogP contribution in [0.3, 0.4) is 0 Å². The number of halogens is 1. The fourth-order valence-electron chi connectivity index (χ4n) is 2.70. The second-order valence-corrected chi connectivity index (χ2v) is 8.61. The molecule has 1 aromatic heterocycles. The van der Waals surface area contributed by atoms with Gasteiger partial charge in [-0.05, 0) is 18.1 Å². The van der Waals surface area contributed by atoms with Gasteiger partial charge in [0.2, 0.25) is 10.0 Å². The van der Waals surface area contributed by atoms with Crippen LogP contribution in [-0.2, 0) is 26.2 Å². The number of nitrogens with one attached hydrogen (secondary N) is 1. The van der Waals surface area contributed by atoms with Gasteiger partial charge in [-0.2, -0.15) is 4.72 Å². The molecular formula is C21H21FN2O5S. The van der Waals surface area contributed by atoms with Gasteiger partial charge in [0.05, 0.1) is 0 Å². The molecule has 0 aliphatic heterocycles. The Morgan fingerprint density at radius 3 is 2.47 bits per heavy atom. The van der Waals surface area contributed by atoms with Crippen molar-refractivity contribution in [3.63, 3.8) is 0 Å². The SMILES string of the molecule is CC(C)[C@H](NS(=O)(=O)c1ccccc1F)C(=O)OCc1cc(-c2ccccc2)on1. The van der Waals surface area contributed by atoms with Crippen LogP contribution in [0.25, 0.3) is 11.3 Å². The van der Waals surface area contributed by atoms with Crippen LogP contribution < -0.4 is 4.72 Å². The molecule has 0 aliphatic rings. The molecule has 0 bridgehead atoms. The lowest BCUT2D eigenvalue weighted by Crippen LogP contribution is -2.45. The molecule has 3 aromatic rings. The van der Waals surface area contributed by atoms with Crippen molar-refractivity contribution in [2.45, 2.75) is 31.4 Å². The second-order valence-electron chi connectivity index (χ2n) is 6.93. The van der Waals surface area contributed by atoms with Crippen molar-refractivity contribution in [3.8, 4) is 11.3 Å². The Kier molecular flexibility index (Phi) is 6.63. The molecule has 0 amide bonds. The van der Waals surface area contributed by atoms with E-state index in [0.29, 0.717) is 11.5 Å². The van der Waals surface area contributed by atoms with Crippen LogP contribution in [0.2, 0.25) is 0 Å². The average molecular weight is 432 g/mol. The van der Waals surface area contributed by atoms with Gasteiger partial charge in [0.15, 0.2) is 5.76 Å². The zero-order chi connectivity index (χ0) is 21.7. The molecule has 9 heteroatoms. The topological polar surface area (TPSA) is 98.5 Å². The largest absolute Gasteiger partial charge is 0.458 e. The highest BCUT2D eigenvalue weighted by Gasteiger charge is 2.31. The van der Waals surface area contributed by atoms with Crippen molar-refractivity contribution in [2.24, 2.45) is 5.92 Å². The lowest BCUT2D eigenvalue weighted by atomic mass is 10.1. The molecular weight excluding hydrogens is 411 g/mol. The molecule has 0 saturated carbocycles. The van der Waals surface area contributed by atoms with E-state index in [2.05, 4.69) is 9.88 Å². The minimum Gasteiger partial charge on any atom is -0.458 e. The number of sulfonamides is 1.